The van der Waals surface area contributed by atoms with E-state index in [1.54, 1.807) is 28.5 Å². The molecule has 0 unspecified atom stereocenters. The number of amides is 1. The van der Waals surface area contributed by atoms with Crippen LogP contribution in [0.25, 0.3) is 0 Å². The second kappa shape index (κ2) is 7.72. The number of carbonyl (C=O) groups excluding carboxylic acids is 2. The molecule has 0 fully saturated rings. The zero-order valence-electron chi connectivity index (χ0n) is 14.3. The number of aromatic nitrogens is 1. The van der Waals surface area contributed by atoms with Crippen molar-refractivity contribution in [2.24, 2.45) is 0 Å². The minimum Gasteiger partial charge on any atom is -0.464 e. The van der Waals surface area contributed by atoms with Gasteiger partial charge in [-0.3, -0.25) is 4.79 Å². The molecule has 1 aromatic heterocycles. The highest BCUT2D eigenvalue weighted by atomic mass is 35.5. The van der Waals surface area contributed by atoms with Gasteiger partial charge in [0.1, 0.15) is 5.01 Å². The van der Waals surface area contributed by atoms with Crippen molar-refractivity contribution < 1.29 is 14.3 Å². The van der Waals surface area contributed by atoms with E-state index < -0.39 is 11.5 Å². The van der Waals surface area contributed by atoms with Gasteiger partial charge in [-0.05, 0) is 39.0 Å². The summed E-state index contributed by atoms with van der Waals surface area (Å²) >= 11 is 13.3. The molecule has 0 atom stereocenters. The van der Waals surface area contributed by atoms with Gasteiger partial charge in [0, 0.05) is 16.5 Å². The number of hydrogen-bond acceptors (Lipinski definition) is 5. The number of nitrogens with zero attached hydrogens (tertiary/aromatic N) is 2. The van der Waals surface area contributed by atoms with E-state index in [0.717, 1.165) is 0 Å². The molecule has 134 valence electrons. The van der Waals surface area contributed by atoms with E-state index in [1.165, 1.54) is 18.4 Å². The number of hydrogen-bond donors (Lipinski definition) is 0. The average Bonchev–Trinajstić information content (AvgIpc) is 3.01. The summed E-state index contributed by atoms with van der Waals surface area (Å²) in [6.45, 7) is 6.05. The van der Waals surface area contributed by atoms with E-state index in [2.05, 4.69) is 9.72 Å². The Morgan fingerprint density at radius 1 is 1.24 bits per heavy atom. The summed E-state index contributed by atoms with van der Waals surface area (Å²) in [7, 11) is 1.30. The van der Waals surface area contributed by atoms with Gasteiger partial charge in [0.2, 0.25) is 0 Å². The quantitative estimate of drug-likeness (QED) is 0.699. The van der Waals surface area contributed by atoms with Gasteiger partial charge in [0.05, 0.1) is 23.7 Å². The molecule has 25 heavy (non-hydrogen) atoms. The standard InChI is InChI=1S/C17H18Cl2N2O3S/c1-17(2,3)21(8-14-20-13(9-25-14)16(23)24-4)15(22)10-5-6-11(18)12(19)7-10/h5-7,9H,8H2,1-4H3. The smallest absolute Gasteiger partial charge is 0.357 e. The first kappa shape index (κ1) is 19.7. The van der Waals surface area contributed by atoms with Crippen molar-refractivity contribution >= 4 is 46.4 Å². The zero-order valence-corrected chi connectivity index (χ0v) is 16.6. The molecule has 0 N–H and O–H groups in total. The van der Waals surface area contributed by atoms with Crippen LogP contribution in [0.1, 0.15) is 46.6 Å². The monoisotopic (exact) mass is 400 g/mol. The topological polar surface area (TPSA) is 59.5 Å². The molecule has 0 spiro atoms. The summed E-state index contributed by atoms with van der Waals surface area (Å²) in [5.74, 6) is -0.693. The maximum atomic E-state index is 13.0. The highest BCUT2D eigenvalue weighted by Gasteiger charge is 2.29. The Morgan fingerprint density at radius 2 is 1.92 bits per heavy atom. The first-order chi connectivity index (χ1) is 11.6. The van der Waals surface area contributed by atoms with Crippen LogP contribution in [0, 0.1) is 0 Å². The SMILES string of the molecule is COC(=O)c1csc(CN(C(=O)c2ccc(Cl)c(Cl)c2)C(C)(C)C)n1. The van der Waals surface area contributed by atoms with E-state index in [-0.39, 0.29) is 18.1 Å². The van der Waals surface area contributed by atoms with Gasteiger partial charge >= 0.3 is 5.97 Å². The molecular formula is C17H18Cl2N2O3S. The number of rotatable bonds is 4. The van der Waals surface area contributed by atoms with Gasteiger partial charge in [-0.15, -0.1) is 11.3 Å². The second-order valence-electron chi connectivity index (χ2n) is 6.31. The normalized spacial score (nSPS) is 11.3. The molecule has 0 radical (unpaired) electrons. The van der Waals surface area contributed by atoms with Crippen molar-refractivity contribution in [3.05, 3.63) is 49.9 Å². The van der Waals surface area contributed by atoms with E-state index in [1.807, 2.05) is 20.8 Å². The number of methoxy groups -OCH3 is 1. The molecule has 0 saturated carbocycles. The molecule has 0 aliphatic heterocycles. The largest absolute Gasteiger partial charge is 0.464 e. The Labute approximate surface area is 160 Å². The number of esters is 1. The minimum absolute atomic E-state index is 0.194. The van der Waals surface area contributed by atoms with Crippen molar-refractivity contribution in [2.75, 3.05) is 7.11 Å². The fourth-order valence-electron chi connectivity index (χ4n) is 2.12. The van der Waals surface area contributed by atoms with Gasteiger partial charge in [-0.2, -0.15) is 0 Å². The molecular weight excluding hydrogens is 383 g/mol. The van der Waals surface area contributed by atoms with Gasteiger partial charge in [-0.25, -0.2) is 9.78 Å². The van der Waals surface area contributed by atoms with Crippen LogP contribution in [-0.2, 0) is 11.3 Å². The third kappa shape index (κ3) is 4.71. The van der Waals surface area contributed by atoms with Crippen LogP contribution < -0.4 is 0 Å². The predicted molar refractivity (Wildman–Crippen MR) is 99.5 cm³/mol. The number of ether oxygens (including phenoxy) is 1. The Bertz CT molecular complexity index is 799. The van der Waals surface area contributed by atoms with Crippen molar-refractivity contribution in [1.29, 1.82) is 0 Å². The summed E-state index contributed by atoms with van der Waals surface area (Å²) in [6, 6.07) is 4.78. The van der Waals surface area contributed by atoms with Crippen LogP contribution in [0.3, 0.4) is 0 Å². The molecule has 1 amide bonds. The molecule has 5 nitrogen and oxygen atoms in total. The van der Waals surface area contributed by atoms with Gasteiger partial charge in [0.25, 0.3) is 5.91 Å². The number of halogens is 2. The van der Waals surface area contributed by atoms with Crippen LogP contribution in [-0.4, -0.2) is 34.4 Å². The lowest BCUT2D eigenvalue weighted by Crippen LogP contribution is -2.45. The first-order valence-electron chi connectivity index (χ1n) is 7.43. The fraction of sp³-hybridized carbons (Fsp3) is 0.353. The van der Waals surface area contributed by atoms with E-state index >= 15 is 0 Å². The molecule has 0 aliphatic rings. The van der Waals surface area contributed by atoms with E-state index in [9.17, 15) is 9.59 Å². The molecule has 0 bridgehead atoms. The molecule has 2 aromatic rings. The first-order valence-corrected chi connectivity index (χ1v) is 9.06. The van der Waals surface area contributed by atoms with Crippen molar-refractivity contribution in [3.63, 3.8) is 0 Å². The summed E-state index contributed by atoms with van der Waals surface area (Å²) < 4.78 is 4.66. The summed E-state index contributed by atoms with van der Waals surface area (Å²) in [5.41, 5.74) is 0.215. The molecule has 2 rings (SSSR count). The van der Waals surface area contributed by atoms with Gasteiger partial charge in [-0.1, -0.05) is 23.2 Å². The Kier molecular flexibility index (Phi) is 6.08. The summed E-state index contributed by atoms with van der Waals surface area (Å²) in [5, 5.41) is 2.97. The Balaban J connectivity index is 2.30. The van der Waals surface area contributed by atoms with Crippen LogP contribution in [0.4, 0.5) is 0 Å². The van der Waals surface area contributed by atoms with Crippen LogP contribution in [0.2, 0.25) is 10.0 Å². The summed E-state index contributed by atoms with van der Waals surface area (Å²) in [4.78, 5) is 30.4. The Hall–Kier alpha value is -1.63. The minimum atomic E-state index is -0.499. The third-order valence-electron chi connectivity index (χ3n) is 3.46. The maximum absolute atomic E-state index is 13.0. The third-order valence-corrected chi connectivity index (χ3v) is 5.03. The molecule has 1 aromatic carbocycles. The fourth-order valence-corrected chi connectivity index (χ4v) is 3.17. The highest BCUT2D eigenvalue weighted by Crippen LogP contribution is 2.26. The number of carbonyl (C=O) groups is 2. The summed E-state index contributed by atoms with van der Waals surface area (Å²) in [6.07, 6.45) is 0. The predicted octanol–water partition coefficient (Wildman–Crippen LogP) is 4.68. The molecule has 0 aliphatic carbocycles. The lowest BCUT2D eigenvalue weighted by atomic mass is 10.0. The number of thiazole rings is 1. The van der Waals surface area contributed by atoms with Crippen LogP contribution in [0.15, 0.2) is 23.6 Å². The second-order valence-corrected chi connectivity index (χ2v) is 8.07. The van der Waals surface area contributed by atoms with Crippen LogP contribution >= 0.6 is 34.5 Å². The maximum Gasteiger partial charge on any atom is 0.357 e. The number of benzene rings is 1. The van der Waals surface area contributed by atoms with Crippen molar-refractivity contribution in [1.82, 2.24) is 9.88 Å². The highest BCUT2D eigenvalue weighted by molar-refractivity contribution is 7.09. The average molecular weight is 401 g/mol. The van der Waals surface area contributed by atoms with Gasteiger partial charge < -0.3 is 9.64 Å². The van der Waals surface area contributed by atoms with Crippen LogP contribution in [0.5, 0.6) is 0 Å². The van der Waals surface area contributed by atoms with Gasteiger partial charge in [0.15, 0.2) is 5.69 Å². The Morgan fingerprint density at radius 3 is 2.48 bits per heavy atom. The molecule has 0 saturated heterocycles. The van der Waals surface area contributed by atoms with Crippen molar-refractivity contribution in [2.45, 2.75) is 32.9 Å². The lowest BCUT2D eigenvalue weighted by Gasteiger charge is -2.35. The van der Waals surface area contributed by atoms with E-state index in [0.29, 0.717) is 20.6 Å². The van der Waals surface area contributed by atoms with E-state index in [4.69, 9.17) is 23.2 Å². The zero-order chi connectivity index (χ0) is 18.8. The molecule has 8 heteroatoms. The van der Waals surface area contributed by atoms with Crippen molar-refractivity contribution in [3.8, 4) is 0 Å². The molecule has 1 heterocycles. The lowest BCUT2D eigenvalue weighted by molar-refractivity contribution is 0.0558.